The van der Waals surface area contributed by atoms with Gasteiger partial charge in [0.15, 0.2) is 0 Å². The summed E-state index contributed by atoms with van der Waals surface area (Å²) in [7, 11) is 0. The maximum absolute atomic E-state index is 5.10. The Labute approximate surface area is 175 Å². The first-order chi connectivity index (χ1) is 14.1. The lowest BCUT2D eigenvalue weighted by Crippen LogP contribution is -2.11. The molecule has 29 heavy (non-hydrogen) atoms. The quantitative estimate of drug-likeness (QED) is 0.281. The molecule has 0 amide bonds. The van der Waals surface area contributed by atoms with Crippen LogP contribution in [0.25, 0.3) is 11.6 Å². The zero-order chi connectivity index (χ0) is 20.8. The molecule has 0 saturated carbocycles. The van der Waals surface area contributed by atoms with E-state index in [-0.39, 0.29) is 0 Å². The fourth-order valence-corrected chi connectivity index (χ4v) is 2.81. The molecule has 0 aromatic carbocycles. The SMILES string of the molecule is CCNc1nc(NCC)n2c(=S)[nH]nc2n1.CCNc1ncnc2n[nH]c(=S)n12. The van der Waals surface area contributed by atoms with Crippen LogP contribution in [0.4, 0.5) is 17.8 Å². The minimum absolute atomic E-state index is 0.481. The van der Waals surface area contributed by atoms with Gasteiger partial charge >= 0.3 is 0 Å². The van der Waals surface area contributed by atoms with Crippen LogP contribution in [0.3, 0.4) is 0 Å². The minimum Gasteiger partial charge on any atom is -0.355 e. The van der Waals surface area contributed by atoms with Gasteiger partial charge in [-0.1, -0.05) is 0 Å². The summed E-state index contributed by atoms with van der Waals surface area (Å²) < 4.78 is 4.29. The van der Waals surface area contributed by atoms with Gasteiger partial charge in [-0.2, -0.15) is 15.0 Å². The topological polar surface area (TPSA) is 154 Å². The van der Waals surface area contributed by atoms with Gasteiger partial charge in [0.1, 0.15) is 6.33 Å². The van der Waals surface area contributed by atoms with Crippen LogP contribution in [0.1, 0.15) is 20.8 Å². The second-order valence-electron chi connectivity index (χ2n) is 5.49. The van der Waals surface area contributed by atoms with Crippen molar-refractivity contribution in [3.05, 3.63) is 15.9 Å². The molecule has 4 rings (SSSR count). The molecule has 0 bridgehead atoms. The average Bonchev–Trinajstić information content (AvgIpc) is 3.27. The highest BCUT2D eigenvalue weighted by Crippen LogP contribution is 2.10. The highest BCUT2D eigenvalue weighted by Gasteiger charge is 2.08. The fraction of sp³-hybridized carbons (Fsp3) is 0.429. The van der Waals surface area contributed by atoms with Gasteiger partial charge in [-0.25, -0.2) is 24.0 Å². The molecular formula is C14H21N13S2. The molecule has 15 heteroatoms. The van der Waals surface area contributed by atoms with E-state index >= 15 is 0 Å². The number of rotatable bonds is 6. The van der Waals surface area contributed by atoms with Gasteiger partial charge < -0.3 is 16.0 Å². The Kier molecular flexibility index (Phi) is 6.61. The Hall–Kier alpha value is -3.20. The van der Waals surface area contributed by atoms with E-state index in [0.29, 0.717) is 38.9 Å². The first-order valence-corrected chi connectivity index (χ1v) is 9.75. The Bertz CT molecular complexity index is 1200. The Morgan fingerprint density at radius 2 is 1.38 bits per heavy atom. The third kappa shape index (κ3) is 4.45. The van der Waals surface area contributed by atoms with Crippen molar-refractivity contribution in [2.24, 2.45) is 0 Å². The van der Waals surface area contributed by atoms with Crippen molar-refractivity contribution in [2.45, 2.75) is 20.8 Å². The number of hydrogen-bond acceptors (Lipinski definition) is 11. The van der Waals surface area contributed by atoms with E-state index < -0.39 is 0 Å². The van der Waals surface area contributed by atoms with Crippen LogP contribution in [0, 0.1) is 9.54 Å². The van der Waals surface area contributed by atoms with E-state index in [1.807, 2.05) is 20.8 Å². The molecule has 154 valence electrons. The summed E-state index contributed by atoms with van der Waals surface area (Å²) in [6, 6.07) is 0. The molecule has 5 N–H and O–H groups in total. The molecular weight excluding hydrogens is 414 g/mol. The molecule has 0 saturated heterocycles. The van der Waals surface area contributed by atoms with Crippen molar-refractivity contribution in [1.29, 1.82) is 0 Å². The zero-order valence-corrected chi connectivity index (χ0v) is 17.7. The van der Waals surface area contributed by atoms with Crippen molar-refractivity contribution in [2.75, 3.05) is 35.6 Å². The first-order valence-electron chi connectivity index (χ1n) is 8.93. The maximum atomic E-state index is 5.10. The van der Waals surface area contributed by atoms with E-state index in [0.717, 1.165) is 19.6 Å². The smallest absolute Gasteiger partial charge is 0.259 e. The second-order valence-corrected chi connectivity index (χ2v) is 6.26. The summed E-state index contributed by atoms with van der Waals surface area (Å²) in [6.07, 6.45) is 1.45. The molecule has 4 aromatic heterocycles. The molecule has 0 unspecified atom stereocenters. The Balaban J connectivity index is 0.000000169. The molecule has 0 atom stereocenters. The molecule has 0 fully saturated rings. The standard InChI is InChI=1S/C8H13N7S.C6H8N6S/c1-3-9-5-11-6(10-4-2)15-7(12-5)13-14-8(15)16;1-2-7-4-8-3-9-5-10-11-6(13)12(4)5/h3-4H2,1-2H3,(H,14,16)(H2,9,10,11,12,13);3H,2H2,1H3,(H,11,13)(H,7,8,9,10). The van der Waals surface area contributed by atoms with Gasteiger partial charge in [0.25, 0.3) is 11.6 Å². The van der Waals surface area contributed by atoms with Crippen LogP contribution in [0.2, 0.25) is 0 Å². The van der Waals surface area contributed by atoms with E-state index in [1.54, 1.807) is 8.80 Å². The van der Waals surface area contributed by atoms with Gasteiger partial charge in [0, 0.05) is 19.6 Å². The number of anilines is 3. The summed E-state index contributed by atoms with van der Waals surface area (Å²) in [4.78, 5) is 16.5. The van der Waals surface area contributed by atoms with Crippen LogP contribution < -0.4 is 16.0 Å². The lowest BCUT2D eigenvalue weighted by atomic mass is 10.7. The minimum atomic E-state index is 0.481. The van der Waals surface area contributed by atoms with E-state index in [4.69, 9.17) is 24.4 Å². The summed E-state index contributed by atoms with van der Waals surface area (Å²) in [6.45, 7) is 8.25. The summed E-state index contributed by atoms with van der Waals surface area (Å²) in [5.41, 5.74) is 0. The van der Waals surface area contributed by atoms with Gasteiger partial charge in [-0.15, -0.1) is 10.2 Å². The number of nitrogens with one attached hydrogen (secondary N) is 5. The number of nitrogens with zero attached hydrogens (tertiary/aromatic N) is 8. The molecule has 13 nitrogen and oxygen atoms in total. The van der Waals surface area contributed by atoms with E-state index in [9.17, 15) is 0 Å². The number of H-pyrrole nitrogens is 2. The van der Waals surface area contributed by atoms with Crippen LogP contribution >= 0.6 is 24.4 Å². The summed E-state index contributed by atoms with van der Waals surface area (Å²) >= 11 is 10.1. The van der Waals surface area contributed by atoms with Crippen LogP contribution in [-0.2, 0) is 0 Å². The van der Waals surface area contributed by atoms with Gasteiger partial charge in [0.05, 0.1) is 0 Å². The molecule has 0 aliphatic rings. The number of aromatic nitrogens is 10. The third-order valence-corrected chi connectivity index (χ3v) is 4.06. The number of fused-ring (bicyclic) bond motifs is 2. The molecule has 4 aromatic rings. The third-order valence-electron chi connectivity index (χ3n) is 3.51. The van der Waals surface area contributed by atoms with Gasteiger partial charge in [-0.05, 0) is 45.2 Å². The lowest BCUT2D eigenvalue weighted by molar-refractivity contribution is 0.969. The fourth-order valence-electron chi connectivity index (χ4n) is 2.38. The van der Waals surface area contributed by atoms with Crippen LogP contribution in [-0.4, -0.2) is 68.8 Å². The molecule has 4 heterocycles. The van der Waals surface area contributed by atoms with E-state index in [1.165, 1.54) is 6.33 Å². The van der Waals surface area contributed by atoms with Crippen molar-refractivity contribution >= 4 is 53.8 Å². The highest BCUT2D eigenvalue weighted by molar-refractivity contribution is 7.71. The van der Waals surface area contributed by atoms with Crippen molar-refractivity contribution in [3.63, 3.8) is 0 Å². The molecule has 0 radical (unpaired) electrons. The van der Waals surface area contributed by atoms with Crippen molar-refractivity contribution in [3.8, 4) is 0 Å². The highest BCUT2D eigenvalue weighted by atomic mass is 32.1. The van der Waals surface area contributed by atoms with E-state index in [2.05, 4.69) is 56.3 Å². The number of hydrogen-bond donors (Lipinski definition) is 5. The average molecular weight is 436 g/mol. The second kappa shape index (κ2) is 9.33. The number of aromatic amines is 2. The molecule has 0 spiro atoms. The van der Waals surface area contributed by atoms with Crippen LogP contribution in [0.15, 0.2) is 6.33 Å². The molecule has 0 aliphatic heterocycles. The first kappa shape index (κ1) is 20.5. The van der Waals surface area contributed by atoms with Gasteiger partial charge in [-0.3, -0.25) is 0 Å². The summed E-state index contributed by atoms with van der Waals surface area (Å²) in [5.74, 6) is 2.87. The van der Waals surface area contributed by atoms with Crippen molar-refractivity contribution < 1.29 is 0 Å². The Morgan fingerprint density at radius 3 is 2.03 bits per heavy atom. The monoisotopic (exact) mass is 435 g/mol. The zero-order valence-electron chi connectivity index (χ0n) is 16.1. The maximum Gasteiger partial charge on any atom is 0.259 e. The largest absolute Gasteiger partial charge is 0.355 e. The predicted octanol–water partition coefficient (Wildman–Crippen LogP) is 1.66. The predicted molar refractivity (Wildman–Crippen MR) is 114 cm³/mol. The summed E-state index contributed by atoms with van der Waals surface area (Å²) in [5, 5.41) is 22.5. The van der Waals surface area contributed by atoms with Crippen molar-refractivity contribution in [1.82, 2.24) is 49.1 Å². The molecule has 0 aliphatic carbocycles. The Morgan fingerprint density at radius 1 is 0.793 bits per heavy atom. The normalized spacial score (nSPS) is 10.6. The van der Waals surface area contributed by atoms with Gasteiger partial charge in [0.2, 0.25) is 27.4 Å². The van der Waals surface area contributed by atoms with Crippen LogP contribution in [0.5, 0.6) is 0 Å². The lowest BCUT2D eigenvalue weighted by Gasteiger charge is -2.07.